The fourth-order valence-electron chi connectivity index (χ4n) is 2.17. The van der Waals surface area contributed by atoms with Gasteiger partial charge in [0.25, 0.3) is 10.0 Å². The lowest BCUT2D eigenvalue weighted by atomic mass is 10.1. The van der Waals surface area contributed by atoms with Crippen LogP contribution in [-0.4, -0.2) is 8.42 Å². The number of rotatable bonds is 3. The van der Waals surface area contributed by atoms with Crippen LogP contribution in [0.25, 0.3) is 0 Å². The minimum Gasteiger partial charge on any atom is -0.398 e. The van der Waals surface area contributed by atoms with Crippen molar-refractivity contribution in [3.05, 3.63) is 51.5 Å². The molecule has 0 heterocycles. The van der Waals surface area contributed by atoms with E-state index in [0.717, 1.165) is 15.6 Å². The van der Waals surface area contributed by atoms with E-state index < -0.39 is 10.0 Å². The van der Waals surface area contributed by atoms with Gasteiger partial charge in [-0.25, -0.2) is 8.42 Å². The predicted octanol–water partition coefficient (Wildman–Crippen LogP) is 3.76. The van der Waals surface area contributed by atoms with E-state index in [1.807, 2.05) is 26.0 Å². The first-order valence-electron chi connectivity index (χ1n) is 6.36. The van der Waals surface area contributed by atoms with E-state index in [-0.39, 0.29) is 10.6 Å². The Balaban J connectivity index is 2.51. The van der Waals surface area contributed by atoms with Crippen molar-refractivity contribution in [2.75, 3.05) is 10.5 Å². The molecule has 2 aromatic rings. The number of hydrogen-bond acceptors (Lipinski definition) is 3. The molecule has 0 saturated heterocycles. The Labute approximate surface area is 133 Å². The summed E-state index contributed by atoms with van der Waals surface area (Å²) in [4.78, 5) is 0.139. The van der Waals surface area contributed by atoms with Crippen molar-refractivity contribution in [3.8, 4) is 0 Å². The molecule has 0 atom stereocenters. The van der Waals surface area contributed by atoms with Gasteiger partial charge in [-0.3, -0.25) is 4.72 Å². The highest BCUT2D eigenvalue weighted by atomic mass is 79.9. The molecular weight excluding hydrogens is 352 g/mol. The molecule has 2 rings (SSSR count). The Morgan fingerprint density at radius 1 is 1.10 bits per heavy atom. The first kappa shape index (κ1) is 15.9. The van der Waals surface area contributed by atoms with E-state index in [2.05, 4.69) is 20.7 Å². The molecule has 112 valence electrons. The average molecular weight is 369 g/mol. The second-order valence-electron chi connectivity index (χ2n) is 5.05. The molecule has 0 unspecified atom stereocenters. The quantitative estimate of drug-likeness (QED) is 0.810. The fourth-order valence-corrected chi connectivity index (χ4v) is 4.25. The highest BCUT2D eigenvalue weighted by Gasteiger charge is 2.21. The zero-order chi connectivity index (χ0) is 15.8. The number of nitrogens with two attached hydrogens (primary N) is 1. The van der Waals surface area contributed by atoms with Crippen molar-refractivity contribution in [1.82, 2.24) is 0 Å². The van der Waals surface area contributed by atoms with Crippen molar-refractivity contribution >= 4 is 37.3 Å². The maximum absolute atomic E-state index is 12.6. The van der Waals surface area contributed by atoms with Crippen LogP contribution in [0.1, 0.15) is 16.7 Å². The molecule has 3 N–H and O–H groups in total. The first-order valence-corrected chi connectivity index (χ1v) is 8.64. The summed E-state index contributed by atoms with van der Waals surface area (Å²) in [5, 5.41) is 0. The standard InChI is InChI=1S/C15H17BrN2O2S/c1-9-6-12(16)8-13(7-9)18-21(19,20)15-11(3)10(2)4-5-14(15)17/h4-8,18H,17H2,1-3H3. The van der Waals surface area contributed by atoms with Gasteiger partial charge in [0.15, 0.2) is 0 Å². The summed E-state index contributed by atoms with van der Waals surface area (Å²) in [6, 6.07) is 8.82. The molecule has 0 fully saturated rings. The monoisotopic (exact) mass is 368 g/mol. The molecule has 0 aromatic heterocycles. The minimum absolute atomic E-state index is 0.139. The van der Waals surface area contributed by atoms with Crippen LogP contribution in [0.2, 0.25) is 0 Å². The molecule has 21 heavy (non-hydrogen) atoms. The van der Waals surface area contributed by atoms with Crippen LogP contribution in [0.15, 0.2) is 39.7 Å². The van der Waals surface area contributed by atoms with Gasteiger partial charge in [-0.1, -0.05) is 22.0 Å². The Morgan fingerprint density at radius 3 is 2.38 bits per heavy atom. The van der Waals surface area contributed by atoms with Crippen LogP contribution >= 0.6 is 15.9 Å². The molecule has 0 aliphatic rings. The highest BCUT2D eigenvalue weighted by molar-refractivity contribution is 9.10. The zero-order valence-corrected chi connectivity index (χ0v) is 14.5. The molecule has 0 aliphatic heterocycles. The summed E-state index contributed by atoms with van der Waals surface area (Å²) in [5.41, 5.74) is 9.11. The normalized spacial score (nSPS) is 11.4. The maximum Gasteiger partial charge on any atom is 0.264 e. The third kappa shape index (κ3) is 3.39. The molecule has 0 bridgehead atoms. The van der Waals surface area contributed by atoms with Gasteiger partial charge in [-0.2, -0.15) is 0 Å². The third-order valence-corrected chi connectivity index (χ3v) is 5.31. The smallest absolute Gasteiger partial charge is 0.264 e. The van der Waals surface area contributed by atoms with Crippen LogP contribution in [0, 0.1) is 20.8 Å². The van der Waals surface area contributed by atoms with Gasteiger partial charge in [0.2, 0.25) is 0 Å². The summed E-state index contributed by atoms with van der Waals surface area (Å²) >= 11 is 3.36. The van der Waals surface area contributed by atoms with Gasteiger partial charge < -0.3 is 5.73 Å². The van der Waals surface area contributed by atoms with Crippen molar-refractivity contribution in [1.29, 1.82) is 0 Å². The number of aryl methyl sites for hydroxylation is 2. The first-order chi connectivity index (χ1) is 9.70. The number of nitrogens with one attached hydrogen (secondary N) is 1. The molecule has 2 aromatic carbocycles. The summed E-state index contributed by atoms with van der Waals surface area (Å²) in [7, 11) is -3.73. The van der Waals surface area contributed by atoms with Crippen LogP contribution in [0.3, 0.4) is 0 Å². The van der Waals surface area contributed by atoms with E-state index in [1.54, 1.807) is 25.1 Å². The number of benzene rings is 2. The van der Waals surface area contributed by atoms with Gasteiger partial charge in [0.05, 0.1) is 11.4 Å². The molecule has 0 saturated carbocycles. The third-order valence-electron chi connectivity index (χ3n) is 3.27. The lowest BCUT2D eigenvalue weighted by molar-refractivity contribution is 0.601. The Morgan fingerprint density at radius 2 is 1.76 bits per heavy atom. The lowest BCUT2D eigenvalue weighted by Crippen LogP contribution is -2.16. The van der Waals surface area contributed by atoms with E-state index in [0.29, 0.717) is 11.3 Å². The van der Waals surface area contributed by atoms with Gasteiger partial charge in [-0.15, -0.1) is 0 Å². The highest BCUT2D eigenvalue weighted by Crippen LogP contribution is 2.28. The van der Waals surface area contributed by atoms with Gasteiger partial charge in [0.1, 0.15) is 4.90 Å². The SMILES string of the molecule is Cc1cc(Br)cc(NS(=O)(=O)c2c(N)ccc(C)c2C)c1. The van der Waals surface area contributed by atoms with Crippen LogP contribution in [0.4, 0.5) is 11.4 Å². The lowest BCUT2D eigenvalue weighted by Gasteiger charge is -2.14. The average Bonchev–Trinajstić information content (AvgIpc) is 2.32. The Bertz CT molecular complexity index is 781. The molecule has 0 spiro atoms. The van der Waals surface area contributed by atoms with Gasteiger partial charge >= 0.3 is 0 Å². The second kappa shape index (κ2) is 5.69. The second-order valence-corrected chi connectivity index (χ2v) is 7.58. The number of hydrogen-bond donors (Lipinski definition) is 2. The van der Waals surface area contributed by atoms with Crippen LogP contribution in [0.5, 0.6) is 0 Å². The van der Waals surface area contributed by atoms with E-state index in [1.165, 1.54) is 0 Å². The zero-order valence-electron chi connectivity index (χ0n) is 12.1. The number of sulfonamides is 1. The molecule has 6 heteroatoms. The Kier molecular flexibility index (Phi) is 4.30. The number of halogens is 1. The van der Waals surface area contributed by atoms with E-state index in [9.17, 15) is 8.42 Å². The van der Waals surface area contributed by atoms with Crippen molar-refractivity contribution in [3.63, 3.8) is 0 Å². The number of nitrogen functional groups attached to an aromatic ring is 1. The predicted molar refractivity (Wildman–Crippen MR) is 90.0 cm³/mol. The van der Waals surface area contributed by atoms with Crippen molar-refractivity contribution in [2.24, 2.45) is 0 Å². The van der Waals surface area contributed by atoms with Crippen LogP contribution < -0.4 is 10.5 Å². The summed E-state index contributed by atoms with van der Waals surface area (Å²) in [6.07, 6.45) is 0. The van der Waals surface area contributed by atoms with Gasteiger partial charge in [-0.05, 0) is 61.7 Å². The summed E-state index contributed by atoms with van der Waals surface area (Å²) in [6.45, 7) is 5.51. The fraction of sp³-hybridized carbons (Fsp3) is 0.200. The summed E-state index contributed by atoms with van der Waals surface area (Å²) in [5.74, 6) is 0. The molecule has 0 radical (unpaired) electrons. The molecular formula is C15H17BrN2O2S. The topological polar surface area (TPSA) is 72.2 Å². The minimum atomic E-state index is -3.73. The Hall–Kier alpha value is -1.53. The molecule has 0 aliphatic carbocycles. The molecule has 4 nitrogen and oxygen atoms in total. The summed E-state index contributed by atoms with van der Waals surface area (Å²) < 4.78 is 28.6. The van der Waals surface area contributed by atoms with Crippen molar-refractivity contribution < 1.29 is 8.42 Å². The van der Waals surface area contributed by atoms with E-state index in [4.69, 9.17) is 5.73 Å². The van der Waals surface area contributed by atoms with Crippen molar-refractivity contribution in [2.45, 2.75) is 25.7 Å². The maximum atomic E-state index is 12.6. The van der Waals surface area contributed by atoms with Crippen LogP contribution in [-0.2, 0) is 10.0 Å². The largest absolute Gasteiger partial charge is 0.398 e. The van der Waals surface area contributed by atoms with Gasteiger partial charge in [0, 0.05) is 4.47 Å². The number of anilines is 2. The van der Waals surface area contributed by atoms with E-state index >= 15 is 0 Å². The molecule has 0 amide bonds.